The standard InChI is InChI=1S/C15H26N2O3/c1-11-7-12(13(18)19)9-17(8-11)14(20)16-10-15(2)5-3-4-6-15/h11-12H,3-10H2,1-2H3,(H,16,20)(H,18,19). The molecule has 0 aromatic heterocycles. The summed E-state index contributed by atoms with van der Waals surface area (Å²) in [7, 11) is 0. The molecule has 1 aliphatic carbocycles. The van der Waals surface area contributed by atoms with Crippen LogP contribution in [0.3, 0.4) is 0 Å². The summed E-state index contributed by atoms with van der Waals surface area (Å²) >= 11 is 0. The highest BCUT2D eigenvalue weighted by Gasteiger charge is 2.33. The van der Waals surface area contributed by atoms with E-state index in [1.807, 2.05) is 6.92 Å². The molecule has 2 atom stereocenters. The fraction of sp³-hybridized carbons (Fsp3) is 0.867. The Labute approximate surface area is 120 Å². The second kappa shape index (κ2) is 6.02. The molecular formula is C15H26N2O3. The number of nitrogens with zero attached hydrogens (tertiary/aromatic N) is 1. The monoisotopic (exact) mass is 282 g/mol. The number of amides is 2. The van der Waals surface area contributed by atoms with Crippen molar-refractivity contribution in [1.82, 2.24) is 10.2 Å². The summed E-state index contributed by atoms with van der Waals surface area (Å²) in [5, 5.41) is 12.1. The number of hydrogen-bond acceptors (Lipinski definition) is 2. The fourth-order valence-electron chi connectivity index (χ4n) is 3.50. The molecule has 1 saturated carbocycles. The quantitative estimate of drug-likeness (QED) is 0.834. The van der Waals surface area contributed by atoms with Crippen LogP contribution in [0.4, 0.5) is 4.79 Å². The van der Waals surface area contributed by atoms with Gasteiger partial charge in [0, 0.05) is 19.6 Å². The SMILES string of the molecule is CC1CC(C(=O)O)CN(C(=O)NCC2(C)CCCC2)C1. The van der Waals surface area contributed by atoms with Crippen molar-refractivity contribution >= 4 is 12.0 Å². The number of carbonyl (C=O) groups excluding carboxylic acids is 1. The van der Waals surface area contributed by atoms with Gasteiger partial charge in [0.1, 0.15) is 0 Å². The summed E-state index contributed by atoms with van der Waals surface area (Å²) in [4.78, 5) is 25.0. The lowest BCUT2D eigenvalue weighted by Gasteiger charge is -2.35. The number of aliphatic carboxylic acids is 1. The number of rotatable bonds is 3. The summed E-state index contributed by atoms with van der Waals surface area (Å²) in [6, 6.07) is -0.101. The van der Waals surface area contributed by atoms with E-state index >= 15 is 0 Å². The van der Waals surface area contributed by atoms with Gasteiger partial charge in [-0.3, -0.25) is 4.79 Å². The number of carboxylic acid groups (broad SMARTS) is 1. The van der Waals surface area contributed by atoms with Crippen LogP contribution >= 0.6 is 0 Å². The molecule has 0 radical (unpaired) electrons. The maximum absolute atomic E-state index is 12.2. The summed E-state index contributed by atoms with van der Waals surface area (Å²) in [5.41, 5.74) is 0.225. The minimum Gasteiger partial charge on any atom is -0.481 e. The lowest BCUT2D eigenvalue weighted by Crippen LogP contribution is -2.50. The van der Waals surface area contributed by atoms with Gasteiger partial charge < -0.3 is 15.3 Å². The van der Waals surface area contributed by atoms with Crippen molar-refractivity contribution in [2.24, 2.45) is 17.3 Å². The molecule has 2 rings (SSSR count). The van der Waals surface area contributed by atoms with Gasteiger partial charge in [0.2, 0.25) is 0 Å². The van der Waals surface area contributed by atoms with Crippen LogP contribution in [-0.2, 0) is 4.79 Å². The molecule has 20 heavy (non-hydrogen) atoms. The Morgan fingerprint density at radius 2 is 1.95 bits per heavy atom. The first-order valence-electron chi connectivity index (χ1n) is 7.65. The first-order valence-corrected chi connectivity index (χ1v) is 7.65. The maximum atomic E-state index is 12.2. The zero-order chi connectivity index (χ0) is 14.8. The molecule has 0 bridgehead atoms. The molecule has 5 nitrogen and oxygen atoms in total. The van der Waals surface area contributed by atoms with Gasteiger partial charge in [0.25, 0.3) is 0 Å². The van der Waals surface area contributed by atoms with Crippen LogP contribution in [0.5, 0.6) is 0 Å². The van der Waals surface area contributed by atoms with Crippen LogP contribution < -0.4 is 5.32 Å². The van der Waals surface area contributed by atoms with Crippen molar-refractivity contribution < 1.29 is 14.7 Å². The average molecular weight is 282 g/mol. The van der Waals surface area contributed by atoms with Crippen molar-refractivity contribution in [1.29, 1.82) is 0 Å². The molecule has 5 heteroatoms. The first kappa shape index (κ1) is 15.1. The third kappa shape index (κ3) is 3.64. The molecule has 2 fully saturated rings. The van der Waals surface area contributed by atoms with Crippen molar-refractivity contribution in [2.75, 3.05) is 19.6 Å². The van der Waals surface area contributed by atoms with Crippen molar-refractivity contribution in [2.45, 2.75) is 46.0 Å². The van der Waals surface area contributed by atoms with E-state index in [9.17, 15) is 9.59 Å². The molecule has 2 aliphatic rings. The minimum atomic E-state index is -0.794. The van der Waals surface area contributed by atoms with E-state index in [4.69, 9.17) is 5.11 Å². The van der Waals surface area contributed by atoms with Crippen LogP contribution in [0.25, 0.3) is 0 Å². The minimum absolute atomic E-state index is 0.101. The van der Waals surface area contributed by atoms with Crippen LogP contribution in [-0.4, -0.2) is 41.6 Å². The highest BCUT2D eigenvalue weighted by Crippen LogP contribution is 2.36. The number of urea groups is 1. The molecule has 0 aromatic rings. The molecule has 2 unspecified atom stereocenters. The zero-order valence-corrected chi connectivity index (χ0v) is 12.5. The number of carboxylic acids is 1. The molecule has 114 valence electrons. The van der Waals surface area contributed by atoms with Crippen LogP contribution in [0.1, 0.15) is 46.0 Å². The summed E-state index contributed by atoms with van der Waals surface area (Å²) in [6.45, 7) is 5.93. The Morgan fingerprint density at radius 3 is 2.55 bits per heavy atom. The normalized spacial score (nSPS) is 29.2. The van der Waals surface area contributed by atoms with E-state index in [0.717, 1.165) is 0 Å². The molecule has 0 spiro atoms. The number of carbonyl (C=O) groups is 2. The first-order chi connectivity index (χ1) is 9.39. The van der Waals surface area contributed by atoms with Gasteiger partial charge >= 0.3 is 12.0 Å². The fourth-order valence-corrected chi connectivity index (χ4v) is 3.50. The van der Waals surface area contributed by atoms with Crippen molar-refractivity contribution in [3.63, 3.8) is 0 Å². The Morgan fingerprint density at radius 1 is 1.30 bits per heavy atom. The molecule has 2 N–H and O–H groups in total. The van der Waals surface area contributed by atoms with Crippen molar-refractivity contribution in [3.8, 4) is 0 Å². The van der Waals surface area contributed by atoms with Gasteiger partial charge in [-0.25, -0.2) is 4.79 Å². The van der Waals surface area contributed by atoms with Crippen LogP contribution in [0.15, 0.2) is 0 Å². The van der Waals surface area contributed by atoms with Crippen LogP contribution in [0.2, 0.25) is 0 Å². The van der Waals surface area contributed by atoms with Crippen molar-refractivity contribution in [3.05, 3.63) is 0 Å². The predicted molar refractivity (Wildman–Crippen MR) is 76.5 cm³/mol. The van der Waals surface area contributed by atoms with Gasteiger partial charge in [-0.2, -0.15) is 0 Å². The molecule has 2 amide bonds. The molecule has 0 aromatic carbocycles. The Bertz CT molecular complexity index is 377. The number of piperidine rings is 1. The maximum Gasteiger partial charge on any atom is 0.317 e. The molecule has 1 saturated heterocycles. The van der Waals surface area contributed by atoms with Gasteiger partial charge in [0.05, 0.1) is 5.92 Å². The lowest BCUT2D eigenvalue weighted by molar-refractivity contribution is -0.143. The third-order valence-electron chi connectivity index (χ3n) is 4.77. The average Bonchev–Trinajstić information content (AvgIpc) is 2.82. The number of likely N-dealkylation sites (tertiary alicyclic amines) is 1. The second-order valence-corrected chi connectivity index (χ2v) is 6.96. The van der Waals surface area contributed by atoms with E-state index in [2.05, 4.69) is 12.2 Å². The van der Waals surface area contributed by atoms with Gasteiger partial charge in [-0.1, -0.05) is 26.7 Å². The summed E-state index contributed by atoms with van der Waals surface area (Å²) in [5.74, 6) is -0.971. The van der Waals surface area contributed by atoms with E-state index in [1.54, 1.807) is 4.90 Å². The smallest absolute Gasteiger partial charge is 0.317 e. The Hall–Kier alpha value is -1.26. The molecule has 1 aliphatic heterocycles. The van der Waals surface area contributed by atoms with E-state index in [-0.39, 0.29) is 17.4 Å². The number of hydrogen-bond donors (Lipinski definition) is 2. The second-order valence-electron chi connectivity index (χ2n) is 6.96. The predicted octanol–water partition coefficient (Wildman–Crippen LogP) is 2.32. The van der Waals surface area contributed by atoms with Crippen LogP contribution in [0, 0.1) is 17.3 Å². The van der Waals surface area contributed by atoms with E-state index in [1.165, 1.54) is 25.7 Å². The highest BCUT2D eigenvalue weighted by atomic mass is 16.4. The topological polar surface area (TPSA) is 69.6 Å². The summed E-state index contributed by atoms with van der Waals surface area (Å²) in [6.07, 6.45) is 5.49. The molecular weight excluding hydrogens is 256 g/mol. The van der Waals surface area contributed by atoms with Gasteiger partial charge in [-0.05, 0) is 30.6 Å². The number of nitrogens with one attached hydrogen (secondary N) is 1. The highest BCUT2D eigenvalue weighted by molar-refractivity contribution is 5.76. The van der Waals surface area contributed by atoms with Gasteiger partial charge in [0.15, 0.2) is 0 Å². The van der Waals surface area contributed by atoms with E-state index < -0.39 is 11.9 Å². The lowest BCUT2D eigenvalue weighted by atomic mass is 9.89. The molecule has 1 heterocycles. The largest absolute Gasteiger partial charge is 0.481 e. The Balaban J connectivity index is 1.86. The Kier molecular flexibility index (Phi) is 4.55. The van der Waals surface area contributed by atoms with E-state index in [0.29, 0.717) is 26.1 Å². The summed E-state index contributed by atoms with van der Waals surface area (Å²) < 4.78 is 0. The third-order valence-corrected chi connectivity index (χ3v) is 4.77. The van der Waals surface area contributed by atoms with Gasteiger partial charge in [-0.15, -0.1) is 0 Å². The zero-order valence-electron chi connectivity index (χ0n) is 12.5.